The fourth-order valence-electron chi connectivity index (χ4n) is 3.64. The molecule has 0 spiro atoms. The predicted molar refractivity (Wildman–Crippen MR) is 113 cm³/mol. The lowest BCUT2D eigenvalue weighted by Crippen LogP contribution is -2.32. The zero-order valence-electron chi connectivity index (χ0n) is 17.8. The van der Waals surface area contributed by atoms with E-state index in [9.17, 15) is 4.57 Å². The van der Waals surface area contributed by atoms with E-state index in [0.29, 0.717) is 11.2 Å². The molecule has 12 nitrogen and oxygen atoms in total. The van der Waals surface area contributed by atoms with Crippen LogP contribution in [0.1, 0.15) is 20.1 Å². The van der Waals surface area contributed by atoms with Gasteiger partial charge in [0.1, 0.15) is 30.2 Å². The Morgan fingerprint density at radius 3 is 2.53 bits per heavy atom. The first-order valence-corrected chi connectivity index (χ1v) is 11.4. The Hall–Kier alpha value is -2.18. The number of phosphoric ester groups is 1. The molecule has 2 aromatic heterocycles. The van der Waals surface area contributed by atoms with E-state index in [-0.39, 0.29) is 25.6 Å². The Morgan fingerprint density at radius 1 is 1.16 bits per heavy atom. The summed E-state index contributed by atoms with van der Waals surface area (Å²) < 4.78 is 49.0. The maximum Gasteiger partial charge on any atom is 0.475 e. The number of phosphoric acid groups is 1. The molecule has 0 radical (unpaired) electrons. The molecule has 0 aromatic carbocycles. The lowest BCUT2D eigenvalue weighted by Gasteiger charge is -2.25. The van der Waals surface area contributed by atoms with Crippen molar-refractivity contribution in [3.05, 3.63) is 38.0 Å². The standard InChI is InChI=1S/C19H26N5O7P/c1-5-7-26-32(25,27-8-6-2)28-9-12-14-15(31-19(3,4)30-14)18(29-12)24-11-23-13-16(20)21-10-22-17(13)24/h5-6,10-12,14-15,18H,1-2,7-9H2,3-4H3,(H2,20,21,22)/t12-,14-,15-,18-/m1/s1. The monoisotopic (exact) mass is 467 g/mol. The van der Waals surface area contributed by atoms with E-state index in [1.165, 1.54) is 18.5 Å². The Labute approximate surface area is 184 Å². The second kappa shape index (κ2) is 8.99. The van der Waals surface area contributed by atoms with Crippen molar-refractivity contribution in [1.82, 2.24) is 19.5 Å². The lowest BCUT2D eigenvalue weighted by atomic mass is 10.1. The molecule has 2 aromatic rings. The normalized spacial score (nSPS) is 26.9. The number of hydrogen-bond donors (Lipinski definition) is 1. The predicted octanol–water partition coefficient (Wildman–Crippen LogP) is 2.36. The van der Waals surface area contributed by atoms with Gasteiger partial charge in [-0.05, 0) is 13.8 Å². The molecule has 0 unspecified atom stereocenters. The summed E-state index contributed by atoms with van der Waals surface area (Å²) in [5.74, 6) is -0.602. The molecular weight excluding hydrogens is 441 g/mol. The van der Waals surface area contributed by atoms with Crippen LogP contribution >= 0.6 is 7.82 Å². The summed E-state index contributed by atoms with van der Waals surface area (Å²) in [5, 5.41) is 0. The topological polar surface area (TPSA) is 142 Å². The summed E-state index contributed by atoms with van der Waals surface area (Å²) in [4.78, 5) is 12.5. The molecule has 2 N–H and O–H groups in total. The Balaban J connectivity index is 1.57. The van der Waals surface area contributed by atoms with Crippen molar-refractivity contribution in [2.24, 2.45) is 0 Å². The molecule has 0 aliphatic carbocycles. The number of ether oxygens (including phenoxy) is 3. The van der Waals surface area contributed by atoms with Gasteiger partial charge in [0, 0.05) is 0 Å². The molecule has 2 aliphatic rings. The molecule has 2 aliphatic heterocycles. The molecule has 4 heterocycles. The summed E-state index contributed by atoms with van der Waals surface area (Å²) >= 11 is 0. The number of rotatable bonds is 10. The first-order valence-electron chi connectivity index (χ1n) is 9.96. The van der Waals surface area contributed by atoms with Crippen molar-refractivity contribution in [3.8, 4) is 0 Å². The SMILES string of the molecule is C=CCOP(=O)(OCC=C)OC[C@H]1O[C@@H](n2cnc3c(N)ncnc32)[C@@H]2OC(C)(C)O[C@@H]21. The quantitative estimate of drug-likeness (QED) is 0.406. The van der Waals surface area contributed by atoms with Gasteiger partial charge >= 0.3 is 7.82 Å². The van der Waals surface area contributed by atoms with Crippen LogP contribution in [0.3, 0.4) is 0 Å². The first kappa shape index (κ1) is 23.0. The van der Waals surface area contributed by atoms with Gasteiger partial charge in [-0.2, -0.15) is 0 Å². The second-order valence-electron chi connectivity index (χ2n) is 7.62. The number of anilines is 1. The van der Waals surface area contributed by atoms with Gasteiger partial charge in [-0.1, -0.05) is 12.2 Å². The van der Waals surface area contributed by atoms with Crippen LogP contribution < -0.4 is 5.73 Å². The highest BCUT2D eigenvalue weighted by Gasteiger charge is 2.56. The van der Waals surface area contributed by atoms with Crippen molar-refractivity contribution >= 4 is 24.8 Å². The molecule has 174 valence electrons. The van der Waals surface area contributed by atoms with Gasteiger partial charge in [0.05, 0.1) is 26.1 Å². The molecule has 13 heteroatoms. The van der Waals surface area contributed by atoms with E-state index in [4.69, 9.17) is 33.5 Å². The van der Waals surface area contributed by atoms with Gasteiger partial charge in [-0.3, -0.25) is 18.1 Å². The number of nitrogens with two attached hydrogens (primary N) is 1. The minimum Gasteiger partial charge on any atom is -0.382 e. The molecule has 2 saturated heterocycles. The molecule has 0 amide bonds. The van der Waals surface area contributed by atoms with Crippen LogP contribution in [0.25, 0.3) is 11.2 Å². The minimum absolute atomic E-state index is 0.0105. The van der Waals surface area contributed by atoms with Crippen LogP contribution in [-0.4, -0.2) is 63.4 Å². The van der Waals surface area contributed by atoms with Crippen molar-refractivity contribution in [3.63, 3.8) is 0 Å². The average molecular weight is 467 g/mol. The summed E-state index contributed by atoms with van der Waals surface area (Å²) in [6.45, 7) is 10.5. The Bertz CT molecular complexity index is 1030. The third kappa shape index (κ3) is 4.48. The smallest absolute Gasteiger partial charge is 0.382 e. The molecular formula is C19H26N5O7P. The van der Waals surface area contributed by atoms with Gasteiger partial charge in [-0.15, -0.1) is 13.2 Å². The summed E-state index contributed by atoms with van der Waals surface area (Å²) in [6, 6.07) is 0. The molecule has 4 atom stereocenters. The van der Waals surface area contributed by atoms with Crippen LogP contribution in [-0.2, 0) is 32.3 Å². The lowest BCUT2D eigenvalue weighted by molar-refractivity contribution is -0.199. The summed E-state index contributed by atoms with van der Waals surface area (Å²) in [5.41, 5.74) is 6.85. The second-order valence-corrected chi connectivity index (χ2v) is 9.29. The molecule has 2 fully saturated rings. The number of fused-ring (bicyclic) bond motifs is 2. The molecule has 0 saturated carbocycles. The van der Waals surface area contributed by atoms with Gasteiger partial charge in [0.2, 0.25) is 0 Å². The van der Waals surface area contributed by atoms with Crippen LogP contribution in [0, 0.1) is 0 Å². The highest BCUT2D eigenvalue weighted by molar-refractivity contribution is 7.48. The van der Waals surface area contributed by atoms with Gasteiger partial charge in [0.25, 0.3) is 0 Å². The maximum absolute atomic E-state index is 12.9. The summed E-state index contributed by atoms with van der Waals surface area (Å²) in [6.07, 6.45) is 3.49. The van der Waals surface area contributed by atoms with Crippen LogP contribution in [0.4, 0.5) is 5.82 Å². The fraction of sp³-hybridized carbons (Fsp3) is 0.526. The van der Waals surface area contributed by atoms with Crippen molar-refractivity contribution in [2.75, 3.05) is 25.6 Å². The highest BCUT2D eigenvalue weighted by atomic mass is 31.2. The third-order valence-corrected chi connectivity index (χ3v) is 6.28. The number of aromatic nitrogens is 4. The number of nitrogens with zero attached hydrogens (tertiary/aromatic N) is 4. The van der Waals surface area contributed by atoms with E-state index < -0.39 is 38.1 Å². The molecule has 0 bridgehead atoms. The van der Waals surface area contributed by atoms with Crippen molar-refractivity contribution < 1.29 is 32.3 Å². The number of hydrogen-bond acceptors (Lipinski definition) is 11. The zero-order valence-corrected chi connectivity index (χ0v) is 18.7. The zero-order chi connectivity index (χ0) is 22.9. The van der Waals surface area contributed by atoms with Crippen LogP contribution in [0.15, 0.2) is 38.0 Å². The van der Waals surface area contributed by atoms with E-state index >= 15 is 0 Å². The van der Waals surface area contributed by atoms with E-state index in [0.717, 1.165) is 0 Å². The van der Waals surface area contributed by atoms with Gasteiger partial charge in [-0.25, -0.2) is 19.5 Å². The number of imidazole rings is 1. The maximum atomic E-state index is 12.9. The Kier molecular flexibility index (Phi) is 6.46. The number of nitrogen functional groups attached to an aromatic ring is 1. The first-order chi connectivity index (χ1) is 15.3. The van der Waals surface area contributed by atoms with Gasteiger partial charge in [0.15, 0.2) is 23.5 Å². The van der Waals surface area contributed by atoms with E-state index in [1.54, 1.807) is 24.7 Å². The average Bonchev–Trinajstić information content (AvgIpc) is 3.41. The fourth-order valence-corrected chi connectivity index (χ4v) is 4.77. The molecule has 32 heavy (non-hydrogen) atoms. The highest BCUT2D eigenvalue weighted by Crippen LogP contribution is 2.51. The Morgan fingerprint density at radius 2 is 1.84 bits per heavy atom. The van der Waals surface area contributed by atoms with Gasteiger partial charge < -0.3 is 19.9 Å². The van der Waals surface area contributed by atoms with E-state index in [1.807, 2.05) is 0 Å². The summed E-state index contributed by atoms with van der Waals surface area (Å²) in [7, 11) is -3.87. The van der Waals surface area contributed by atoms with E-state index in [2.05, 4.69) is 28.1 Å². The third-order valence-electron chi connectivity index (χ3n) is 4.88. The van der Waals surface area contributed by atoms with Crippen molar-refractivity contribution in [2.45, 2.75) is 44.2 Å². The molecule has 4 rings (SSSR count). The van der Waals surface area contributed by atoms with Crippen molar-refractivity contribution in [1.29, 1.82) is 0 Å². The largest absolute Gasteiger partial charge is 0.475 e. The van der Waals surface area contributed by atoms with Crippen LogP contribution in [0.2, 0.25) is 0 Å². The van der Waals surface area contributed by atoms with Crippen LogP contribution in [0.5, 0.6) is 0 Å². The minimum atomic E-state index is -3.87.